The Bertz CT molecular complexity index is 391. The van der Waals surface area contributed by atoms with Gasteiger partial charge in [-0.05, 0) is 24.7 Å². The predicted molar refractivity (Wildman–Crippen MR) is 78.1 cm³/mol. The van der Waals surface area contributed by atoms with E-state index in [1.165, 1.54) is 6.42 Å². The number of carbonyl (C=O) groups is 2. The Morgan fingerprint density at radius 1 is 1.29 bits per heavy atom. The number of carboxylic acid groups (broad SMARTS) is 1. The van der Waals surface area contributed by atoms with Gasteiger partial charge in [-0.2, -0.15) is 0 Å². The van der Waals surface area contributed by atoms with Crippen molar-refractivity contribution in [3.8, 4) is 0 Å². The van der Waals surface area contributed by atoms with E-state index in [1.54, 1.807) is 0 Å². The molecule has 0 radical (unpaired) electrons. The second kappa shape index (κ2) is 6.64. The summed E-state index contributed by atoms with van der Waals surface area (Å²) in [6.45, 7) is 4.75. The Labute approximate surface area is 125 Å². The molecular weight excluding hydrogens is 272 g/mol. The third kappa shape index (κ3) is 3.67. The fourth-order valence-corrected chi connectivity index (χ4v) is 3.44. The molecule has 2 amide bonds. The molecule has 1 aliphatic carbocycles. The van der Waals surface area contributed by atoms with Crippen molar-refractivity contribution in [3.63, 3.8) is 0 Å². The maximum absolute atomic E-state index is 12.2. The van der Waals surface area contributed by atoms with Gasteiger partial charge in [0.15, 0.2) is 5.54 Å². The molecule has 3 N–H and O–H groups in total. The number of hydrogen-bond acceptors (Lipinski definition) is 3. The summed E-state index contributed by atoms with van der Waals surface area (Å²) in [4.78, 5) is 23.6. The molecule has 2 aliphatic rings. The van der Waals surface area contributed by atoms with Crippen LogP contribution in [0.1, 0.15) is 46.0 Å². The van der Waals surface area contributed by atoms with E-state index in [2.05, 4.69) is 24.5 Å². The average Bonchev–Trinajstić information content (AvgIpc) is 2.88. The van der Waals surface area contributed by atoms with Gasteiger partial charge in [0.25, 0.3) is 0 Å². The van der Waals surface area contributed by atoms with Crippen molar-refractivity contribution in [2.45, 2.75) is 57.5 Å². The molecule has 6 heteroatoms. The van der Waals surface area contributed by atoms with Gasteiger partial charge in [0.2, 0.25) is 0 Å². The SMILES string of the molecule is CC(C)C1CCCCC1NC(=O)NC1(C(=O)O)CCOC1. The molecule has 0 aromatic rings. The third-order valence-corrected chi connectivity index (χ3v) is 4.78. The largest absolute Gasteiger partial charge is 0.479 e. The second-order valence-electron chi connectivity index (χ2n) is 6.59. The summed E-state index contributed by atoms with van der Waals surface area (Å²) in [5.41, 5.74) is -1.27. The first kappa shape index (κ1) is 16.1. The van der Waals surface area contributed by atoms with E-state index in [4.69, 9.17) is 4.74 Å². The lowest BCUT2D eigenvalue weighted by Crippen LogP contribution is -2.59. The summed E-state index contributed by atoms with van der Waals surface area (Å²) in [6, 6.07) is -0.257. The standard InChI is InChI=1S/C15H26N2O4/c1-10(2)11-5-3-4-6-12(11)16-14(20)17-15(13(18)19)7-8-21-9-15/h10-12H,3-9H2,1-2H3,(H,18,19)(H2,16,17,20). The van der Waals surface area contributed by atoms with Crippen LogP contribution in [0.2, 0.25) is 0 Å². The lowest BCUT2D eigenvalue weighted by Gasteiger charge is -2.35. The summed E-state index contributed by atoms with van der Waals surface area (Å²) in [6.07, 6.45) is 4.72. The minimum atomic E-state index is -1.27. The molecule has 0 aromatic heterocycles. The lowest BCUT2D eigenvalue weighted by molar-refractivity contribution is -0.144. The van der Waals surface area contributed by atoms with Gasteiger partial charge in [0, 0.05) is 19.1 Å². The minimum absolute atomic E-state index is 0.0357. The molecule has 3 unspecified atom stereocenters. The van der Waals surface area contributed by atoms with Gasteiger partial charge in [-0.25, -0.2) is 9.59 Å². The molecule has 1 saturated carbocycles. The van der Waals surface area contributed by atoms with Crippen molar-refractivity contribution in [3.05, 3.63) is 0 Å². The number of urea groups is 1. The van der Waals surface area contributed by atoms with Crippen LogP contribution in [0.15, 0.2) is 0 Å². The summed E-state index contributed by atoms with van der Waals surface area (Å²) < 4.78 is 5.15. The topological polar surface area (TPSA) is 87.7 Å². The first-order valence-corrected chi connectivity index (χ1v) is 7.84. The van der Waals surface area contributed by atoms with E-state index >= 15 is 0 Å². The van der Waals surface area contributed by atoms with E-state index in [0.717, 1.165) is 19.3 Å². The molecule has 3 atom stereocenters. The normalized spacial score (nSPS) is 32.9. The van der Waals surface area contributed by atoms with Crippen LogP contribution in [-0.2, 0) is 9.53 Å². The highest BCUT2D eigenvalue weighted by Gasteiger charge is 2.44. The number of hydrogen-bond donors (Lipinski definition) is 3. The maximum Gasteiger partial charge on any atom is 0.332 e. The van der Waals surface area contributed by atoms with Gasteiger partial charge < -0.3 is 20.5 Å². The minimum Gasteiger partial charge on any atom is -0.479 e. The molecule has 0 aromatic carbocycles. The molecule has 1 heterocycles. The highest BCUT2D eigenvalue weighted by Crippen LogP contribution is 2.30. The molecule has 1 saturated heterocycles. The number of aliphatic carboxylic acids is 1. The average molecular weight is 298 g/mol. The van der Waals surface area contributed by atoms with Crippen molar-refractivity contribution < 1.29 is 19.4 Å². The number of nitrogens with one attached hydrogen (secondary N) is 2. The predicted octanol–water partition coefficient (Wildman–Crippen LogP) is 1.74. The molecule has 0 spiro atoms. The molecule has 2 fully saturated rings. The van der Waals surface area contributed by atoms with Crippen molar-refractivity contribution in [1.82, 2.24) is 10.6 Å². The summed E-state index contributed by atoms with van der Waals surface area (Å²) in [5, 5.41) is 14.9. The zero-order valence-corrected chi connectivity index (χ0v) is 12.9. The molecule has 2 rings (SSSR count). The van der Waals surface area contributed by atoms with Crippen molar-refractivity contribution >= 4 is 12.0 Å². The number of carbonyl (C=O) groups excluding carboxylic acids is 1. The van der Waals surface area contributed by atoms with Crippen LogP contribution >= 0.6 is 0 Å². The Hall–Kier alpha value is -1.30. The van der Waals surface area contributed by atoms with Crippen LogP contribution in [0, 0.1) is 11.8 Å². The number of amides is 2. The number of ether oxygens (including phenoxy) is 1. The molecule has 0 bridgehead atoms. The van der Waals surface area contributed by atoms with Crippen LogP contribution in [0.4, 0.5) is 4.79 Å². The quantitative estimate of drug-likeness (QED) is 0.738. The zero-order chi connectivity index (χ0) is 15.5. The summed E-state index contributed by atoms with van der Waals surface area (Å²) in [5.74, 6) is -0.0526. The molecule has 21 heavy (non-hydrogen) atoms. The van der Waals surface area contributed by atoms with E-state index in [-0.39, 0.29) is 18.7 Å². The lowest BCUT2D eigenvalue weighted by atomic mass is 9.78. The van der Waals surface area contributed by atoms with E-state index in [1.807, 2.05) is 0 Å². The van der Waals surface area contributed by atoms with Crippen molar-refractivity contribution in [2.75, 3.05) is 13.2 Å². The Balaban J connectivity index is 1.95. The summed E-state index contributed by atoms with van der Waals surface area (Å²) in [7, 11) is 0. The van der Waals surface area contributed by atoms with Crippen LogP contribution < -0.4 is 10.6 Å². The van der Waals surface area contributed by atoms with Crippen molar-refractivity contribution in [2.24, 2.45) is 11.8 Å². The van der Waals surface area contributed by atoms with Crippen LogP contribution in [0.25, 0.3) is 0 Å². The molecular formula is C15H26N2O4. The fourth-order valence-electron chi connectivity index (χ4n) is 3.44. The molecule has 120 valence electrons. The van der Waals surface area contributed by atoms with Crippen LogP contribution in [0.5, 0.6) is 0 Å². The Morgan fingerprint density at radius 2 is 2.00 bits per heavy atom. The van der Waals surface area contributed by atoms with Crippen LogP contribution in [-0.4, -0.2) is 41.9 Å². The van der Waals surface area contributed by atoms with Gasteiger partial charge in [-0.3, -0.25) is 0 Å². The van der Waals surface area contributed by atoms with Gasteiger partial charge in [-0.15, -0.1) is 0 Å². The molecule has 1 aliphatic heterocycles. The van der Waals surface area contributed by atoms with Crippen molar-refractivity contribution in [1.29, 1.82) is 0 Å². The summed E-state index contributed by atoms with van der Waals surface area (Å²) >= 11 is 0. The van der Waals surface area contributed by atoms with Gasteiger partial charge in [0.05, 0.1) is 6.61 Å². The number of rotatable bonds is 4. The van der Waals surface area contributed by atoms with Crippen LogP contribution in [0.3, 0.4) is 0 Å². The highest BCUT2D eigenvalue weighted by molar-refractivity contribution is 5.86. The van der Waals surface area contributed by atoms with E-state index in [0.29, 0.717) is 24.9 Å². The van der Waals surface area contributed by atoms with E-state index < -0.39 is 11.5 Å². The van der Waals surface area contributed by atoms with Gasteiger partial charge in [-0.1, -0.05) is 26.7 Å². The highest BCUT2D eigenvalue weighted by atomic mass is 16.5. The molecule has 6 nitrogen and oxygen atoms in total. The number of carboxylic acids is 1. The monoisotopic (exact) mass is 298 g/mol. The Morgan fingerprint density at radius 3 is 2.57 bits per heavy atom. The maximum atomic E-state index is 12.2. The van der Waals surface area contributed by atoms with E-state index in [9.17, 15) is 14.7 Å². The van der Waals surface area contributed by atoms with Gasteiger partial charge in [0.1, 0.15) is 0 Å². The Kier molecular flexibility index (Phi) is 5.08. The third-order valence-electron chi connectivity index (χ3n) is 4.78. The zero-order valence-electron chi connectivity index (χ0n) is 12.9. The fraction of sp³-hybridized carbons (Fsp3) is 0.867. The first-order chi connectivity index (χ1) is 9.94. The smallest absolute Gasteiger partial charge is 0.332 e. The first-order valence-electron chi connectivity index (χ1n) is 7.84. The van der Waals surface area contributed by atoms with Gasteiger partial charge >= 0.3 is 12.0 Å². The second-order valence-corrected chi connectivity index (χ2v) is 6.59.